The SMILES string of the molecule is COC(=O)c1sc(N2C(=O)C(=O)/C(=C(/O)c3ccc(OC(C)C)cc3)[C@H]2c2ccc(O)cc2)nc1C. The number of carbonyl (C=O) groups is 3. The first-order valence-corrected chi connectivity index (χ1v) is 11.9. The number of thiazole rings is 1. The number of phenolic OH excluding ortho intramolecular Hbond substituents is 1. The molecule has 1 aliphatic heterocycles. The lowest BCUT2D eigenvalue weighted by Crippen LogP contribution is -2.29. The summed E-state index contributed by atoms with van der Waals surface area (Å²) < 4.78 is 10.4. The highest BCUT2D eigenvalue weighted by molar-refractivity contribution is 7.17. The third kappa shape index (κ3) is 4.55. The number of ketones is 1. The maximum Gasteiger partial charge on any atom is 0.350 e. The summed E-state index contributed by atoms with van der Waals surface area (Å²) in [5.74, 6) is -2.20. The predicted molar refractivity (Wildman–Crippen MR) is 133 cm³/mol. The van der Waals surface area contributed by atoms with Crippen LogP contribution in [0.4, 0.5) is 5.13 Å². The molecule has 3 aromatic rings. The Labute approximate surface area is 211 Å². The summed E-state index contributed by atoms with van der Waals surface area (Å²) in [5.41, 5.74) is 0.976. The number of nitrogens with zero attached hydrogens (tertiary/aromatic N) is 2. The zero-order chi connectivity index (χ0) is 26.1. The standard InChI is InChI=1S/C26H24N2O7S/c1-13(2)35-18-11-7-16(8-12-18)21(30)19-20(15-5-9-17(29)10-6-15)28(24(32)22(19)31)26-27-14(3)23(36-26)25(33)34-4/h5-13,20,29-30H,1-4H3/b21-19+/t20-/m1/s1. The highest BCUT2D eigenvalue weighted by Gasteiger charge is 2.48. The van der Waals surface area contributed by atoms with Gasteiger partial charge >= 0.3 is 11.9 Å². The Bertz CT molecular complexity index is 1360. The maximum absolute atomic E-state index is 13.3. The van der Waals surface area contributed by atoms with Gasteiger partial charge in [-0.25, -0.2) is 9.78 Å². The molecule has 0 unspecified atom stereocenters. The van der Waals surface area contributed by atoms with Gasteiger partial charge in [0, 0.05) is 5.56 Å². The third-order valence-corrected chi connectivity index (χ3v) is 6.65. The van der Waals surface area contributed by atoms with Gasteiger partial charge in [-0.15, -0.1) is 0 Å². The monoisotopic (exact) mass is 508 g/mol. The van der Waals surface area contributed by atoms with Crippen molar-refractivity contribution in [1.82, 2.24) is 4.98 Å². The van der Waals surface area contributed by atoms with E-state index >= 15 is 0 Å². The molecule has 0 aliphatic carbocycles. The highest BCUT2D eigenvalue weighted by atomic mass is 32.1. The van der Waals surface area contributed by atoms with Crippen LogP contribution in [0, 0.1) is 6.92 Å². The molecule has 2 N–H and O–H groups in total. The summed E-state index contributed by atoms with van der Waals surface area (Å²) in [5, 5.41) is 21.1. The zero-order valence-electron chi connectivity index (χ0n) is 20.0. The van der Waals surface area contributed by atoms with Crippen LogP contribution in [0.15, 0.2) is 54.1 Å². The highest BCUT2D eigenvalue weighted by Crippen LogP contribution is 2.44. The number of ether oxygens (including phenoxy) is 2. The van der Waals surface area contributed by atoms with Gasteiger partial charge in [-0.1, -0.05) is 23.5 Å². The van der Waals surface area contributed by atoms with Crippen molar-refractivity contribution in [1.29, 1.82) is 0 Å². The Morgan fingerprint density at radius 2 is 1.72 bits per heavy atom. The van der Waals surface area contributed by atoms with Crippen molar-refractivity contribution in [2.75, 3.05) is 12.0 Å². The molecule has 1 amide bonds. The van der Waals surface area contributed by atoms with Gasteiger partial charge in [-0.05, 0) is 62.7 Å². The molecule has 2 aromatic carbocycles. The van der Waals surface area contributed by atoms with Crippen LogP contribution in [0.5, 0.6) is 11.5 Å². The largest absolute Gasteiger partial charge is 0.508 e. The minimum atomic E-state index is -1.05. The number of anilines is 1. The lowest BCUT2D eigenvalue weighted by atomic mass is 9.95. The lowest BCUT2D eigenvalue weighted by molar-refractivity contribution is -0.132. The van der Waals surface area contributed by atoms with Crippen molar-refractivity contribution in [2.24, 2.45) is 0 Å². The quantitative estimate of drug-likeness (QED) is 0.218. The molecule has 4 rings (SSSR count). The fraction of sp³-hybridized carbons (Fsp3) is 0.231. The van der Waals surface area contributed by atoms with Gasteiger partial charge in [0.05, 0.1) is 30.5 Å². The molecule has 186 valence electrons. The van der Waals surface area contributed by atoms with Crippen molar-refractivity contribution in [2.45, 2.75) is 32.9 Å². The molecule has 10 heteroatoms. The number of benzene rings is 2. The lowest BCUT2D eigenvalue weighted by Gasteiger charge is -2.23. The van der Waals surface area contributed by atoms with Crippen molar-refractivity contribution >= 4 is 39.9 Å². The number of aryl methyl sites for hydroxylation is 1. The molecule has 1 atom stereocenters. The number of carbonyl (C=O) groups excluding carboxylic acids is 3. The number of aromatic hydroxyl groups is 1. The first kappa shape index (κ1) is 24.9. The third-order valence-electron chi connectivity index (χ3n) is 5.51. The maximum atomic E-state index is 13.3. The Kier molecular flexibility index (Phi) is 6.80. The van der Waals surface area contributed by atoms with Crippen molar-refractivity contribution in [3.63, 3.8) is 0 Å². The Morgan fingerprint density at radius 1 is 1.08 bits per heavy atom. The Morgan fingerprint density at radius 3 is 2.31 bits per heavy atom. The molecule has 1 aromatic heterocycles. The minimum absolute atomic E-state index is 0.00508. The minimum Gasteiger partial charge on any atom is -0.508 e. The van der Waals surface area contributed by atoms with Crippen molar-refractivity contribution in [3.8, 4) is 11.5 Å². The molecule has 9 nitrogen and oxygen atoms in total. The molecule has 1 fully saturated rings. The van der Waals surface area contributed by atoms with E-state index in [9.17, 15) is 24.6 Å². The van der Waals surface area contributed by atoms with Gasteiger partial charge in [0.25, 0.3) is 5.78 Å². The summed E-state index contributed by atoms with van der Waals surface area (Å²) in [6.07, 6.45) is -0.0408. The van der Waals surface area contributed by atoms with E-state index in [1.54, 1.807) is 43.3 Å². The van der Waals surface area contributed by atoms with E-state index in [1.165, 1.54) is 19.2 Å². The van der Waals surface area contributed by atoms with Gasteiger partial charge in [-0.3, -0.25) is 14.5 Å². The van der Waals surface area contributed by atoms with E-state index in [-0.39, 0.29) is 33.2 Å². The second-order valence-electron chi connectivity index (χ2n) is 8.35. The molecule has 1 aliphatic rings. The predicted octanol–water partition coefficient (Wildman–Crippen LogP) is 4.36. The molecule has 2 heterocycles. The number of aliphatic hydroxyl groups is 1. The number of hydrogen-bond acceptors (Lipinski definition) is 9. The van der Waals surface area contributed by atoms with Crippen LogP contribution in [0.2, 0.25) is 0 Å². The number of amides is 1. The van der Waals surface area contributed by atoms with E-state index in [1.807, 2.05) is 13.8 Å². The molecule has 0 bridgehead atoms. The molecule has 0 spiro atoms. The van der Waals surface area contributed by atoms with E-state index in [0.29, 0.717) is 22.6 Å². The van der Waals surface area contributed by atoms with E-state index < -0.39 is 23.7 Å². The van der Waals surface area contributed by atoms with Crippen LogP contribution in [0.25, 0.3) is 5.76 Å². The number of phenols is 1. The van der Waals surface area contributed by atoms with Crippen LogP contribution in [0.3, 0.4) is 0 Å². The molecule has 1 saturated heterocycles. The fourth-order valence-corrected chi connectivity index (χ4v) is 4.90. The number of rotatable bonds is 6. The Hall–Kier alpha value is -4.18. The zero-order valence-corrected chi connectivity index (χ0v) is 20.8. The summed E-state index contributed by atoms with van der Waals surface area (Å²) >= 11 is 0.911. The van der Waals surface area contributed by atoms with Crippen molar-refractivity contribution in [3.05, 3.63) is 75.8 Å². The summed E-state index contributed by atoms with van der Waals surface area (Å²) in [4.78, 5) is 44.3. The molecule has 0 radical (unpaired) electrons. The second-order valence-corrected chi connectivity index (χ2v) is 9.33. The van der Waals surface area contributed by atoms with E-state index in [4.69, 9.17) is 9.47 Å². The van der Waals surface area contributed by atoms with Crippen molar-refractivity contribution < 1.29 is 34.1 Å². The van der Waals surface area contributed by atoms with Crippen LogP contribution >= 0.6 is 11.3 Å². The average molecular weight is 509 g/mol. The summed E-state index contributed by atoms with van der Waals surface area (Å²) in [6, 6.07) is 11.4. The summed E-state index contributed by atoms with van der Waals surface area (Å²) in [7, 11) is 1.24. The smallest absolute Gasteiger partial charge is 0.350 e. The number of Topliss-reactive ketones (excluding diaryl/α,β-unsaturated/α-hetero) is 1. The molecule has 36 heavy (non-hydrogen) atoms. The number of aliphatic hydroxyl groups excluding tert-OH is 1. The topological polar surface area (TPSA) is 126 Å². The molecular weight excluding hydrogens is 484 g/mol. The second kappa shape index (κ2) is 9.82. The van der Waals surface area contributed by atoms with Gasteiger partial charge in [0.15, 0.2) is 5.13 Å². The average Bonchev–Trinajstić information content (AvgIpc) is 3.35. The van der Waals surface area contributed by atoms with Gasteiger partial charge < -0.3 is 19.7 Å². The number of aromatic nitrogens is 1. The Balaban J connectivity index is 1.87. The van der Waals surface area contributed by atoms with Gasteiger partial charge in [-0.2, -0.15) is 0 Å². The van der Waals surface area contributed by atoms with Crippen LogP contribution in [-0.2, 0) is 14.3 Å². The van der Waals surface area contributed by atoms with Gasteiger partial charge in [0.2, 0.25) is 0 Å². The normalized spacial score (nSPS) is 17.0. The molecular formula is C26H24N2O7S. The number of methoxy groups -OCH3 is 1. The van der Waals surface area contributed by atoms with Crippen LogP contribution in [0.1, 0.15) is 46.4 Å². The van der Waals surface area contributed by atoms with Crippen LogP contribution in [-0.4, -0.2) is 46.1 Å². The fourth-order valence-electron chi connectivity index (χ4n) is 3.89. The first-order valence-electron chi connectivity index (χ1n) is 11.0. The van der Waals surface area contributed by atoms with E-state index in [2.05, 4.69) is 4.98 Å². The molecule has 0 saturated carbocycles. The van der Waals surface area contributed by atoms with Gasteiger partial charge in [0.1, 0.15) is 22.1 Å². The number of hydrogen-bond donors (Lipinski definition) is 2. The van der Waals surface area contributed by atoms with Crippen LogP contribution < -0.4 is 9.64 Å². The van der Waals surface area contributed by atoms with E-state index in [0.717, 1.165) is 16.2 Å². The number of esters is 1. The summed E-state index contributed by atoms with van der Waals surface area (Å²) in [6.45, 7) is 5.37. The first-order chi connectivity index (χ1) is 17.1.